The Morgan fingerprint density at radius 1 is 1.13 bits per heavy atom. The van der Waals surface area contributed by atoms with Crippen molar-refractivity contribution in [1.82, 2.24) is 0 Å². The molecule has 0 spiro atoms. The van der Waals surface area contributed by atoms with Crippen molar-refractivity contribution in [2.45, 2.75) is 67.2 Å². The van der Waals surface area contributed by atoms with Crippen molar-refractivity contribution in [1.29, 1.82) is 0 Å². The minimum absolute atomic E-state index is 0.250. The number of unbranched alkanes of at least 4 members (excludes halogenated alkanes) is 1. The average molecular weight is 215 g/mol. The van der Waals surface area contributed by atoms with Gasteiger partial charge in [0.25, 0.3) is 0 Å². The number of hydrogen-bond donors (Lipinski definition) is 1. The summed E-state index contributed by atoms with van der Waals surface area (Å²) in [6, 6.07) is 0. The Kier molecular flexibility index (Phi) is 8.69. The van der Waals surface area contributed by atoms with Crippen molar-refractivity contribution in [2.75, 3.05) is 0 Å². The molecule has 0 rings (SSSR count). The minimum Gasteiger partial charge on any atom is -0.372 e. The highest BCUT2D eigenvalue weighted by molar-refractivity contribution is 5.42. The number of nitrogens with two attached hydrogens (primary N) is 1. The Labute approximate surface area is 95.6 Å². The maximum atomic E-state index is 8.58. The standard InChI is InChI=1S/C12H26.CH3NO/c1-7-8-9-12(5,6)10-11(2,3)4;2-1-3/h7-10H2,1-6H3;1H,(H2,2,3). The first kappa shape index (κ1) is 16.9. The molecule has 2 nitrogen and oxygen atoms in total. The number of amides is 1. The van der Waals surface area contributed by atoms with Gasteiger partial charge in [0.15, 0.2) is 0 Å². The summed E-state index contributed by atoms with van der Waals surface area (Å²) in [7, 11) is 0. The van der Waals surface area contributed by atoms with Gasteiger partial charge in [0.1, 0.15) is 0 Å². The molecule has 0 aliphatic heterocycles. The van der Waals surface area contributed by atoms with E-state index in [0.29, 0.717) is 10.8 Å². The van der Waals surface area contributed by atoms with Crippen LogP contribution < -0.4 is 5.73 Å². The Bertz CT molecular complexity index is 156. The molecule has 0 saturated heterocycles. The number of primary amides is 1. The second kappa shape index (κ2) is 7.72. The smallest absolute Gasteiger partial charge is 0.204 e. The van der Waals surface area contributed by atoms with Crippen LogP contribution in [0.2, 0.25) is 0 Å². The lowest BCUT2D eigenvalue weighted by Gasteiger charge is -2.32. The maximum Gasteiger partial charge on any atom is 0.204 e. The molecule has 0 aromatic rings. The molecular weight excluding hydrogens is 186 g/mol. The zero-order chi connectivity index (χ0) is 12.5. The molecule has 0 saturated carbocycles. The number of carbonyl (C=O) groups excluding carboxylic acids is 1. The van der Waals surface area contributed by atoms with Crippen LogP contribution >= 0.6 is 0 Å². The average Bonchev–Trinajstić information content (AvgIpc) is 1.98. The van der Waals surface area contributed by atoms with E-state index >= 15 is 0 Å². The third-order valence-electron chi connectivity index (χ3n) is 2.22. The van der Waals surface area contributed by atoms with Crippen LogP contribution in [-0.2, 0) is 4.79 Å². The SMILES string of the molecule is CCCCC(C)(C)CC(C)(C)C.NC=O. The predicted molar refractivity (Wildman–Crippen MR) is 67.6 cm³/mol. The highest BCUT2D eigenvalue weighted by atomic mass is 16.1. The summed E-state index contributed by atoms with van der Waals surface area (Å²) < 4.78 is 0. The fourth-order valence-corrected chi connectivity index (χ4v) is 2.18. The maximum absolute atomic E-state index is 8.58. The zero-order valence-corrected chi connectivity index (χ0v) is 11.4. The number of hydrogen-bond acceptors (Lipinski definition) is 1. The minimum atomic E-state index is 0.250. The van der Waals surface area contributed by atoms with Gasteiger partial charge in [0.2, 0.25) is 6.41 Å². The van der Waals surface area contributed by atoms with Gasteiger partial charge in [-0.3, -0.25) is 4.79 Å². The third kappa shape index (κ3) is 16.2. The topological polar surface area (TPSA) is 43.1 Å². The van der Waals surface area contributed by atoms with Crippen LogP contribution in [0.4, 0.5) is 0 Å². The summed E-state index contributed by atoms with van der Waals surface area (Å²) in [6.45, 7) is 14.1. The van der Waals surface area contributed by atoms with E-state index in [1.54, 1.807) is 0 Å². The van der Waals surface area contributed by atoms with Gasteiger partial charge in [0, 0.05) is 0 Å². The highest BCUT2D eigenvalue weighted by Crippen LogP contribution is 2.36. The van der Waals surface area contributed by atoms with E-state index < -0.39 is 0 Å². The van der Waals surface area contributed by atoms with Crippen molar-refractivity contribution < 1.29 is 4.79 Å². The van der Waals surface area contributed by atoms with Gasteiger partial charge in [0.05, 0.1) is 0 Å². The summed E-state index contributed by atoms with van der Waals surface area (Å²) >= 11 is 0. The van der Waals surface area contributed by atoms with Gasteiger partial charge >= 0.3 is 0 Å². The number of rotatable bonds is 4. The van der Waals surface area contributed by atoms with Crippen molar-refractivity contribution in [3.63, 3.8) is 0 Å². The zero-order valence-electron chi connectivity index (χ0n) is 11.4. The molecule has 2 N–H and O–H groups in total. The molecule has 0 radical (unpaired) electrons. The van der Waals surface area contributed by atoms with Crippen LogP contribution in [0.25, 0.3) is 0 Å². The van der Waals surface area contributed by atoms with Gasteiger partial charge < -0.3 is 5.73 Å². The van der Waals surface area contributed by atoms with E-state index in [2.05, 4.69) is 47.3 Å². The summed E-state index contributed by atoms with van der Waals surface area (Å²) in [6.07, 6.45) is 5.66. The number of carbonyl (C=O) groups is 1. The van der Waals surface area contributed by atoms with Gasteiger partial charge in [-0.05, 0) is 23.7 Å². The Balaban J connectivity index is 0. The quantitative estimate of drug-likeness (QED) is 0.713. The molecule has 0 bridgehead atoms. The first-order valence-corrected chi connectivity index (χ1v) is 5.84. The fourth-order valence-electron chi connectivity index (χ4n) is 2.18. The molecule has 0 heterocycles. The summed E-state index contributed by atoms with van der Waals surface area (Å²) in [5, 5.41) is 0. The highest BCUT2D eigenvalue weighted by Gasteiger charge is 2.24. The molecule has 92 valence electrons. The van der Waals surface area contributed by atoms with E-state index in [1.165, 1.54) is 25.7 Å². The van der Waals surface area contributed by atoms with Crippen molar-refractivity contribution in [2.24, 2.45) is 16.6 Å². The van der Waals surface area contributed by atoms with Crippen LogP contribution in [0, 0.1) is 10.8 Å². The normalized spacial score (nSPS) is 11.6. The molecule has 0 aliphatic rings. The van der Waals surface area contributed by atoms with E-state index in [9.17, 15) is 0 Å². The van der Waals surface area contributed by atoms with Crippen LogP contribution in [0.15, 0.2) is 0 Å². The summed E-state index contributed by atoms with van der Waals surface area (Å²) in [4.78, 5) is 8.58. The van der Waals surface area contributed by atoms with E-state index in [0.717, 1.165) is 0 Å². The largest absolute Gasteiger partial charge is 0.372 e. The molecule has 0 fully saturated rings. The molecule has 0 aromatic carbocycles. The second-order valence-electron chi connectivity index (χ2n) is 6.14. The van der Waals surface area contributed by atoms with Gasteiger partial charge in [-0.2, -0.15) is 0 Å². The third-order valence-corrected chi connectivity index (χ3v) is 2.22. The predicted octanol–water partition coefficient (Wildman–Crippen LogP) is 3.74. The lowest BCUT2D eigenvalue weighted by Crippen LogP contribution is -2.20. The van der Waals surface area contributed by atoms with Crippen molar-refractivity contribution in [3.8, 4) is 0 Å². The van der Waals surface area contributed by atoms with Gasteiger partial charge in [-0.15, -0.1) is 0 Å². The summed E-state index contributed by atoms with van der Waals surface area (Å²) in [5.74, 6) is 0. The molecule has 0 aliphatic carbocycles. The Morgan fingerprint density at radius 2 is 1.53 bits per heavy atom. The Morgan fingerprint density at radius 3 is 1.80 bits per heavy atom. The van der Waals surface area contributed by atoms with E-state index in [1.807, 2.05) is 0 Å². The molecule has 0 aromatic heterocycles. The molecule has 2 heteroatoms. The van der Waals surface area contributed by atoms with Crippen LogP contribution in [0.3, 0.4) is 0 Å². The monoisotopic (exact) mass is 215 g/mol. The second-order valence-corrected chi connectivity index (χ2v) is 6.14. The Hall–Kier alpha value is -0.530. The van der Waals surface area contributed by atoms with E-state index in [4.69, 9.17) is 4.79 Å². The molecule has 15 heavy (non-hydrogen) atoms. The van der Waals surface area contributed by atoms with Gasteiger partial charge in [-0.1, -0.05) is 54.4 Å². The molecular formula is C13H29NO. The molecule has 1 amide bonds. The lowest BCUT2D eigenvalue weighted by atomic mass is 9.74. The van der Waals surface area contributed by atoms with Crippen LogP contribution in [-0.4, -0.2) is 6.41 Å². The van der Waals surface area contributed by atoms with E-state index in [-0.39, 0.29) is 6.41 Å². The van der Waals surface area contributed by atoms with Crippen LogP contribution in [0.1, 0.15) is 67.2 Å². The lowest BCUT2D eigenvalue weighted by molar-refractivity contribution is -0.106. The van der Waals surface area contributed by atoms with Crippen molar-refractivity contribution in [3.05, 3.63) is 0 Å². The first-order valence-electron chi connectivity index (χ1n) is 5.84. The molecule has 0 atom stereocenters. The van der Waals surface area contributed by atoms with Crippen LogP contribution in [0.5, 0.6) is 0 Å². The first-order chi connectivity index (χ1) is 6.68. The fraction of sp³-hybridized carbons (Fsp3) is 0.923. The molecule has 0 unspecified atom stereocenters. The summed E-state index contributed by atoms with van der Waals surface area (Å²) in [5.41, 5.74) is 5.19. The van der Waals surface area contributed by atoms with Gasteiger partial charge in [-0.25, -0.2) is 0 Å². The van der Waals surface area contributed by atoms with Crippen molar-refractivity contribution >= 4 is 6.41 Å².